The molecule has 1 aliphatic heterocycles. The van der Waals surface area contributed by atoms with Crippen molar-refractivity contribution in [3.05, 3.63) is 0 Å². The van der Waals surface area contributed by atoms with E-state index in [1.807, 2.05) is 11.8 Å². The van der Waals surface area contributed by atoms with E-state index in [0.717, 1.165) is 6.54 Å². The van der Waals surface area contributed by atoms with Crippen LogP contribution in [-0.4, -0.2) is 46.3 Å². The predicted molar refractivity (Wildman–Crippen MR) is 53.1 cm³/mol. The molecule has 2 atom stereocenters. The molecule has 1 heterocycles. The van der Waals surface area contributed by atoms with E-state index < -0.39 is 11.6 Å². The van der Waals surface area contributed by atoms with Crippen molar-refractivity contribution in [2.45, 2.75) is 32.3 Å². The van der Waals surface area contributed by atoms with E-state index in [0.29, 0.717) is 25.9 Å². The van der Waals surface area contributed by atoms with Gasteiger partial charge in [0.05, 0.1) is 11.5 Å². The van der Waals surface area contributed by atoms with Gasteiger partial charge in [-0.2, -0.15) is 0 Å². The molecule has 0 saturated carbocycles. The molecule has 0 spiro atoms. The van der Waals surface area contributed by atoms with Crippen LogP contribution in [0.3, 0.4) is 0 Å². The van der Waals surface area contributed by atoms with E-state index in [1.165, 1.54) is 0 Å². The summed E-state index contributed by atoms with van der Waals surface area (Å²) in [4.78, 5) is 12.7. The Morgan fingerprint density at radius 3 is 2.71 bits per heavy atom. The summed E-state index contributed by atoms with van der Waals surface area (Å²) in [6.07, 6.45) is 1.40. The van der Waals surface area contributed by atoms with Crippen LogP contribution in [0.1, 0.15) is 26.7 Å². The molecule has 0 aliphatic carbocycles. The van der Waals surface area contributed by atoms with Crippen molar-refractivity contribution in [3.63, 3.8) is 0 Å². The van der Waals surface area contributed by atoms with Gasteiger partial charge in [-0.3, -0.25) is 9.69 Å². The van der Waals surface area contributed by atoms with Gasteiger partial charge in [0.1, 0.15) is 0 Å². The molecular formula is C10H19NO3. The normalized spacial score (nSPS) is 27.5. The van der Waals surface area contributed by atoms with Gasteiger partial charge in [0, 0.05) is 13.1 Å². The number of β-amino-alcohol motifs (C(OH)–C–C–N with tert-alkyl or cyclic N) is 1. The second-order valence-corrected chi connectivity index (χ2v) is 4.41. The molecule has 14 heavy (non-hydrogen) atoms. The quantitative estimate of drug-likeness (QED) is 0.697. The maximum absolute atomic E-state index is 10.7. The summed E-state index contributed by atoms with van der Waals surface area (Å²) >= 11 is 0. The largest absolute Gasteiger partial charge is 0.481 e. The fourth-order valence-corrected chi connectivity index (χ4v) is 1.77. The number of aliphatic carboxylic acids is 1. The second-order valence-electron chi connectivity index (χ2n) is 4.41. The highest BCUT2D eigenvalue weighted by atomic mass is 16.4. The molecule has 0 aromatic carbocycles. The standard InChI is InChI=1S/C10H19NO3/c1-3-10(2,14)7-11-5-4-8(6-11)9(12)13/h8,14H,3-7H2,1-2H3,(H,12,13). The summed E-state index contributed by atoms with van der Waals surface area (Å²) in [5.41, 5.74) is -0.687. The number of hydrogen-bond acceptors (Lipinski definition) is 3. The van der Waals surface area contributed by atoms with Crippen LogP contribution in [0.25, 0.3) is 0 Å². The van der Waals surface area contributed by atoms with Crippen LogP contribution in [0.5, 0.6) is 0 Å². The Morgan fingerprint density at radius 1 is 1.64 bits per heavy atom. The minimum absolute atomic E-state index is 0.248. The Balaban J connectivity index is 2.39. The van der Waals surface area contributed by atoms with Gasteiger partial charge in [0.2, 0.25) is 0 Å². The molecule has 1 saturated heterocycles. The Kier molecular flexibility index (Phi) is 3.50. The highest BCUT2D eigenvalue weighted by Crippen LogP contribution is 2.20. The third-order valence-corrected chi connectivity index (χ3v) is 2.95. The minimum Gasteiger partial charge on any atom is -0.481 e. The second kappa shape index (κ2) is 4.28. The Bertz CT molecular complexity index is 215. The van der Waals surface area contributed by atoms with Gasteiger partial charge in [-0.1, -0.05) is 6.92 Å². The highest BCUT2D eigenvalue weighted by molar-refractivity contribution is 5.70. The lowest BCUT2D eigenvalue weighted by Gasteiger charge is -2.27. The Labute approximate surface area is 84.5 Å². The molecule has 1 rings (SSSR count). The van der Waals surface area contributed by atoms with Crippen molar-refractivity contribution in [3.8, 4) is 0 Å². The number of nitrogens with zero attached hydrogens (tertiary/aromatic N) is 1. The monoisotopic (exact) mass is 201 g/mol. The summed E-state index contributed by atoms with van der Waals surface area (Å²) in [5, 5.41) is 18.6. The maximum Gasteiger partial charge on any atom is 0.307 e. The number of likely N-dealkylation sites (tertiary alicyclic amines) is 1. The van der Waals surface area contributed by atoms with Crippen molar-refractivity contribution in [2.75, 3.05) is 19.6 Å². The summed E-state index contributed by atoms with van der Waals surface area (Å²) in [6.45, 7) is 5.66. The summed E-state index contributed by atoms with van der Waals surface area (Å²) in [5.74, 6) is -0.966. The molecule has 0 aromatic heterocycles. The molecule has 0 aromatic rings. The smallest absolute Gasteiger partial charge is 0.307 e. The van der Waals surface area contributed by atoms with Crippen molar-refractivity contribution < 1.29 is 15.0 Å². The van der Waals surface area contributed by atoms with Gasteiger partial charge in [-0.15, -0.1) is 0 Å². The lowest BCUT2D eigenvalue weighted by atomic mass is 10.0. The van der Waals surface area contributed by atoms with Crippen LogP contribution in [0, 0.1) is 5.92 Å². The van der Waals surface area contributed by atoms with Gasteiger partial charge in [0.25, 0.3) is 0 Å². The van der Waals surface area contributed by atoms with Gasteiger partial charge >= 0.3 is 5.97 Å². The van der Waals surface area contributed by atoms with E-state index in [9.17, 15) is 9.90 Å². The van der Waals surface area contributed by atoms with Crippen LogP contribution in [0.2, 0.25) is 0 Å². The first-order valence-corrected chi connectivity index (χ1v) is 5.12. The third-order valence-electron chi connectivity index (χ3n) is 2.95. The highest BCUT2D eigenvalue weighted by Gasteiger charge is 2.31. The Morgan fingerprint density at radius 2 is 2.29 bits per heavy atom. The van der Waals surface area contributed by atoms with E-state index >= 15 is 0 Å². The van der Waals surface area contributed by atoms with Crippen LogP contribution < -0.4 is 0 Å². The molecule has 2 unspecified atom stereocenters. The number of carboxylic acids is 1. The fraction of sp³-hybridized carbons (Fsp3) is 0.900. The van der Waals surface area contributed by atoms with E-state index in [4.69, 9.17) is 5.11 Å². The molecule has 1 fully saturated rings. The number of carboxylic acid groups (broad SMARTS) is 1. The average molecular weight is 201 g/mol. The molecule has 0 radical (unpaired) electrons. The van der Waals surface area contributed by atoms with Crippen molar-refractivity contribution in [1.82, 2.24) is 4.90 Å². The topological polar surface area (TPSA) is 60.8 Å². The zero-order valence-electron chi connectivity index (χ0n) is 8.86. The lowest BCUT2D eigenvalue weighted by Crippen LogP contribution is -2.39. The number of carbonyl (C=O) groups is 1. The minimum atomic E-state index is -0.719. The summed E-state index contributed by atoms with van der Waals surface area (Å²) in [6, 6.07) is 0. The van der Waals surface area contributed by atoms with E-state index in [1.54, 1.807) is 6.92 Å². The maximum atomic E-state index is 10.7. The lowest BCUT2D eigenvalue weighted by molar-refractivity contribution is -0.141. The zero-order valence-corrected chi connectivity index (χ0v) is 8.86. The van der Waals surface area contributed by atoms with Crippen LogP contribution in [0.15, 0.2) is 0 Å². The molecule has 4 nitrogen and oxygen atoms in total. The number of rotatable bonds is 4. The van der Waals surface area contributed by atoms with Gasteiger partial charge < -0.3 is 10.2 Å². The molecule has 2 N–H and O–H groups in total. The molecule has 82 valence electrons. The Hall–Kier alpha value is -0.610. The van der Waals surface area contributed by atoms with Gasteiger partial charge in [0.15, 0.2) is 0 Å². The number of hydrogen-bond donors (Lipinski definition) is 2. The first kappa shape index (κ1) is 11.5. The first-order valence-electron chi connectivity index (χ1n) is 5.12. The zero-order chi connectivity index (χ0) is 10.8. The van der Waals surface area contributed by atoms with Crippen molar-refractivity contribution >= 4 is 5.97 Å². The van der Waals surface area contributed by atoms with Gasteiger partial charge in [-0.05, 0) is 26.3 Å². The SMILES string of the molecule is CCC(C)(O)CN1CCC(C(=O)O)C1. The third kappa shape index (κ3) is 2.96. The van der Waals surface area contributed by atoms with Crippen LogP contribution in [0.4, 0.5) is 0 Å². The molecule has 1 aliphatic rings. The summed E-state index contributed by atoms with van der Waals surface area (Å²) < 4.78 is 0. The number of aliphatic hydroxyl groups is 1. The molecule has 0 amide bonds. The van der Waals surface area contributed by atoms with Crippen LogP contribution in [-0.2, 0) is 4.79 Å². The van der Waals surface area contributed by atoms with E-state index in [-0.39, 0.29) is 5.92 Å². The van der Waals surface area contributed by atoms with Crippen molar-refractivity contribution in [1.29, 1.82) is 0 Å². The van der Waals surface area contributed by atoms with Crippen molar-refractivity contribution in [2.24, 2.45) is 5.92 Å². The predicted octanol–water partition coefficient (Wildman–Crippen LogP) is 0.554. The molecular weight excluding hydrogens is 182 g/mol. The first-order chi connectivity index (χ1) is 6.44. The van der Waals surface area contributed by atoms with Gasteiger partial charge in [-0.25, -0.2) is 0 Å². The summed E-state index contributed by atoms with van der Waals surface area (Å²) in [7, 11) is 0. The fourth-order valence-electron chi connectivity index (χ4n) is 1.77. The van der Waals surface area contributed by atoms with Crippen LogP contribution >= 0.6 is 0 Å². The average Bonchev–Trinajstić information content (AvgIpc) is 2.52. The van der Waals surface area contributed by atoms with E-state index in [2.05, 4.69) is 0 Å². The molecule has 0 bridgehead atoms. The molecule has 4 heteroatoms.